The smallest absolute Gasteiger partial charge is 0.476 e. The van der Waals surface area contributed by atoms with E-state index < -0.39 is 13.1 Å². The average Bonchev–Trinajstić information content (AvgIpc) is 1.61. The monoisotopic (exact) mass is 2060 g/mol. The Morgan fingerprint density at radius 3 is 1.16 bits per heavy atom. The van der Waals surface area contributed by atoms with Crippen molar-refractivity contribution in [1.29, 1.82) is 0 Å². The molecule has 0 unspecified atom stereocenters. The van der Waals surface area contributed by atoms with Crippen molar-refractivity contribution in [2.24, 2.45) is 0 Å². The van der Waals surface area contributed by atoms with E-state index >= 15 is 0 Å². The first-order valence-corrected chi connectivity index (χ1v) is 48.0. The van der Waals surface area contributed by atoms with Crippen LogP contribution >= 0.6 is 47.8 Å². The number of nitrogens with one attached hydrogen (secondary N) is 4. The van der Waals surface area contributed by atoms with Crippen LogP contribution in [0.5, 0.6) is 0 Å². The molecule has 6 aliphatic rings. The number of hydrogen-bond donors (Lipinski definition) is 7. The topological polar surface area (TPSA) is 317 Å². The molecule has 722 valence electrons. The summed E-state index contributed by atoms with van der Waals surface area (Å²) < 4.78 is 45.1. The lowest BCUT2D eigenvalue weighted by atomic mass is 9.76. The number of carboxylic acids is 1. The molecule has 3 amide bonds. The highest BCUT2D eigenvalue weighted by molar-refractivity contribution is 9.10. The van der Waals surface area contributed by atoms with Crippen LogP contribution in [0.25, 0.3) is 55.1 Å². The number of carboxylic acid groups (broad SMARTS) is 1. The van der Waals surface area contributed by atoms with Crippen molar-refractivity contribution in [2.45, 2.75) is 198 Å². The molecule has 0 saturated carbocycles. The fourth-order valence-corrected chi connectivity index (χ4v) is 18.8. The third kappa shape index (κ3) is 25.3. The number of hydrogen-bond acceptors (Lipinski definition) is 16. The minimum atomic E-state index is -1.00. The van der Waals surface area contributed by atoms with Crippen LogP contribution in [0.4, 0.5) is 27.1 Å². The van der Waals surface area contributed by atoms with E-state index in [0.717, 1.165) is 223 Å². The quantitative estimate of drug-likeness (QED) is 0.0359. The lowest BCUT2D eigenvalue weighted by Crippen LogP contribution is -2.41. The molecule has 0 radical (unpaired) electrons. The van der Waals surface area contributed by atoms with Gasteiger partial charge in [0.05, 0.1) is 55.3 Å². The standard InChI is InChI=1S/C25H23N3O.C24H22N4O.C16H19BO2.C15H16BrN3O.C9H11BrN2O2.C8H9BrN2O2.C7H9N.CH3F.CH4O.2CH4/c1-17-12-14-19(15-13-17)26-25(29)23-22-11-4-5-16-28(22)24(27-23)21-10-6-8-18-7-2-3-9-20(18)21;1-16-9-11-18(12-10-16)26-24(29)22-21-15-25-13-14-28(21)23(27-22)20-8-4-6-17-5-2-3-7-19(17)20;1-15(2)16(3,4)19-17(18-15)14-11-7-9-12-8-5-6-10-13(12)14;1-10-5-7-11(8-6-10)17-14(20)13-12-4-2-3-9-19(12)15(16)18-13;1-14-8(13)7-6-4-2-3-5-12(6)9(10)11-7;9-8-10-6(7(12)13)5-3-1-2-4-11(5)8;1-6-2-4-7(8)5-3-6;2*1-2;;/h2-3,6-10,12-15H,4-5,11,16H2,1H3,(H,26,29);2-12,25H,13-15H2,1H3,(H,26,29);5-11H,1-4H3;5-8H,2-4,9H2,1H3,(H,17,20);2-5H2,1H3;1-4H2,(H,12,13);2-5H,8H2,1H3;1H3;2H,1H3;2*1H4/i;;;;;;;1D;;;. The minimum absolute atomic E-state index is 0. The third-order valence-corrected chi connectivity index (χ3v) is 26.6. The lowest BCUT2D eigenvalue weighted by Gasteiger charge is -2.32. The number of alkyl halides is 1. The Bertz CT molecular complexity index is 6500. The molecule has 1 saturated heterocycles. The van der Waals surface area contributed by atoms with Gasteiger partial charge in [0.2, 0.25) is 0 Å². The molecular formula is C108H124BBr3FN15O10. The minimum Gasteiger partial charge on any atom is -0.476 e. The van der Waals surface area contributed by atoms with Gasteiger partial charge in [-0.2, -0.15) is 0 Å². The van der Waals surface area contributed by atoms with Crippen LogP contribution in [-0.2, 0) is 79.0 Å². The third-order valence-electron chi connectivity index (χ3n) is 24.8. The summed E-state index contributed by atoms with van der Waals surface area (Å²) in [6, 6.07) is 75.0. The Morgan fingerprint density at radius 1 is 0.435 bits per heavy atom. The summed E-state index contributed by atoms with van der Waals surface area (Å²) in [5.74, 6) is 0.0274. The maximum absolute atomic E-state index is 13.1. The second kappa shape index (κ2) is 49.1. The number of esters is 1. The number of aromatic nitrogens is 10. The van der Waals surface area contributed by atoms with Crippen molar-refractivity contribution in [3.8, 4) is 22.8 Å². The largest absolute Gasteiger partial charge is 0.495 e. The Hall–Kier alpha value is -12.5. The number of fused-ring (bicyclic) bond motifs is 8. The van der Waals surface area contributed by atoms with E-state index in [0.29, 0.717) is 34.1 Å². The molecule has 8 N–H and O–H groups in total. The van der Waals surface area contributed by atoms with Gasteiger partial charge in [0.25, 0.3) is 17.7 Å². The number of aromatic carboxylic acids is 1. The Labute approximate surface area is 834 Å². The molecule has 5 aromatic heterocycles. The van der Waals surface area contributed by atoms with E-state index in [9.17, 15) is 28.4 Å². The molecule has 30 heteroatoms. The summed E-state index contributed by atoms with van der Waals surface area (Å²) in [5.41, 5.74) is 23.1. The van der Waals surface area contributed by atoms with E-state index in [1.54, 1.807) is 0 Å². The number of carbonyl (C=O) groups excluding carboxylic acids is 4. The Balaban J connectivity index is 0.000000158. The number of ether oxygens (including phenoxy) is 1. The molecule has 25 nitrogen and oxygen atoms in total. The fraction of sp³-hybridized carbons (Fsp3) is 0.315. The van der Waals surface area contributed by atoms with Gasteiger partial charge >= 0.3 is 19.1 Å². The summed E-state index contributed by atoms with van der Waals surface area (Å²) >= 11 is 10.0. The molecule has 0 atom stereocenters. The number of benzene rings is 10. The number of aliphatic hydroxyl groups excluding tert-OH is 1. The summed E-state index contributed by atoms with van der Waals surface area (Å²) in [6.45, 7) is 22.4. The van der Waals surface area contributed by atoms with Crippen molar-refractivity contribution < 1.29 is 54.0 Å². The van der Waals surface area contributed by atoms with E-state index in [2.05, 4.69) is 233 Å². The van der Waals surface area contributed by atoms with Gasteiger partial charge in [-0.1, -0.05) is 213 Å². The van der Waals surface area contributed by atoms with Gasteiger partial charge < -0.3 is 74.1 Å². The molecule has 1 fully saturated rings. The van der Waals surface area contributed by atoms with Crippen molar-refractivity contribution in [2.75, 3.05) is 49.6 Å². The maximum atomic E-state index is 13.1. The normalized spacial score (nSPS) is 14.2. The first kappa shape index (κ1) is 104. The molecule has 0 spiro atoms. The molecule has 0 bridgehead atoms. The molecule has 21 rings (SSSR count). The summed E-state index contributed by atoms with van der Waals surface area (Å²) in [6.07, 6.45) is 12.4. The Morgan fingerprint density at radius 2 is 0.754 bits per heavy atom. The zero-order valence-electron chi connectivity index (χ0n) is 79.3. The van der Waals surface area contributed by atoms with Crippen LogP contribution in [-0.4, -0.2) is 134 Å². The van der Waals surface area contributed by atoms with E-state index in [1.165, 1.54) is 50.7 Å². The number of aliphatic hydroxyl groups is 1. The highest BCUT2D eigenvalue weighted by Gasteiger charge is 2.52. The number of anilines is 4. The fourth-order valence-electron chi connectivity index (χ4n) is 17.0. The van der Waals surface area contributed by atoms with Crippen LogP contribution in [0, 0.1) is 27.7 Å². The number of aryl methyl sites for hydroxylation is 4. The zero-order valence-corrected chi connectivity index (χ0v) is 83.1. The molecule has 0 aliphatic carbocycles. The van der Waals surface area contributed by atoms with E-state index in [4.69, 9.17) is 36.6 Å². The van der Waals surface area contributed by atoms with E-state index in [1.807, 2.05) is 158 Å². The van der Waals surface area contributed by atoms with Gasteiger partial charge in [0, 0.05) is 86.8 Å². The van der Waals surface area contributed by atoms with Crippen LogP contribution in [0.15, 0.2) is 239 Å². The summed E-state index contributed by atoms with van der Waals surface area (Å²) in [5, 5.41) is 35.2. The van der Waals surface area contributed by atoms with Gasteiger partial charge in [-0.3, -0.25) is 18.8 Å². The van der Waals surface area contributed by atoms with Crippen LogP contribution in [0.3, 0.4) is 0 Å². The van der Waals surface area contributed by atoms with E-state index in [-0.39, 0.29) is 62.6 Å². The Kier molecular flexibility index (Phi) is 37.2. The second-order valence-corrected chi connectivity index (χ2v) is 36.8. The number of rotatable bonds is 11. The number of nitrogens with zero attached hydrogens (tertiary/aromatic N) is 10. The first-order chi connectivity index (χ1) is 66.1. The average molecular weight is 2060 g/mol. The SMILES string of the molecule is C.C.CC1(C)OB(c2cccc3ccccc23)OC1(C)C.CO.COC(=O)c1nc(Br)n2c1CCCC2.Cc1ccc(N)cc1.Cc1ccc(NC(=O)c2nc(-c3cccc4ccccc34)n3c2CCCC3)cc1.Cc1ccc(NC(=O)c2nc(-c3cccc4ccccc34)n3c2CNCC3)cc1.Cc1ccc(NC(=O)c2nc(Br)n3c2CCCC3)cc1.O=C(O)c1nc(Br)n2c1CCCC2.[2H]CF. The molecule has 15 aromatic rings. The number of imidazole rings is 5. The van der Waals surface area contributed by atoms with Crippen LogP contribution < -0.4 is 32.5 Å². The molecular weight excluding hydrogens is 1940 g/mol. The molecule has 10 aromatic carbocycles. The number of halogens is 4. The van der Waals surface area contributed by atoms with Crippen molar-refractivity contribution in [1.82, 2.24) is 53.1 Å². The maximum Gasteiger partial charge on any atom is 0.495 e. The predicted molar refractivity (Wildman–Crippen MR) is 563 cm³/mol. The van der Waals surface area contributed by atoms with Gasteiger partial charge in [-0.15, -0.1) is 0 Å². The number of nitrogen functional groups attached to an aromatic ring is 1. The van der Waals surface area contributed by atoms with Gasteiger partial charge in [0.1, 0.15) is 17.3 Å². The van der Waals surface area contributed by atoms with Gasteiger partial charge in [0.15, 0.2) is 37.0 Å². The first-order valence-electron chi connectivity index (χ1n) is 46.3. The predicted octanol–water partition coefficient (Wildman–Crippen LogP) is 23.1. The summed E-state index contributed by atoms with van der Waals surface area (Å²) in [7, 11) is 1.08. The highest BCUT2D eigenvalue weighted by atomic mass is 79.9. The van der Waals surface area contributed by atoms with Crippen molar-refractivity contribution >= 4 is 145 Å². The van der Waals surface area contributed by atoms with Gasteiger partial charge in [-0.05, 0) is 267 Å². The zero-order chi connectivity index (χ0) is 97.6. The lowest BCUT2D eigenvalue weighted by molar-refractivity contribution is 0.00578. The highest BCUT2D eigenvalue weighted by Crippen LogP contribution is 2.39. The molecule has 11 heterocycles. The van der Waals surface area contributed by atoms with Crippen LogP contribution in [0.2, 0.25) is 0 Å². The number of methoxy groups -OCH3 is 1. The number of carbonyl (C=O) groups is 5. The number of nitrogens with two attached hydrogens (primary N) is 1. The van der Waals surface area contributed by atoms with Crippen molar-refractivity contribution in [3.63, 3.8) is 0 Å². The second-order valence-electron chi connectivity index (χ2n) is 34.6. The summed E-state index contributed by atoms with van der Waals surface area (Å²) in [4.78, 5) is 82.9. The molecule has 138 heavy (non-hydrogen) atoms. The number of amides is 3. The van der Waals surface area contributed by atoms with Gasteiger partial charge in [-0.25, -0.2) is 34.5 Å². The molecule has 6 aliphatic heterocycles. The van der Waals surface area contributed by atoms with Crippen molar-refractivity contribution in [3.05, 3.63) is 318 Å². The van der Waals surface area contributed by atoms with Crippen LogP contribution in [0.1, 0.15) is 198 Å².